The van der Waals surface area contributed by atoms with E-state index in [0.717, 1.165) is 19.3 Å². The molecule has 0 heterocycles. The van der Waals surface area contributed by atoms with Crippen LogP contribution in [-0.4, -0.2) is 12.6 Å². The highest BCUT2D eigenvalue weighted by atomic mass is 16.5. The van der Waals surface area contributed by atoms with Gasteiger partial charge in [-0.3, -0.25) is 4.79 Å². The lowest BCUT2D eigenvalue weighted by molar-refractivity contribution is -0.146. The van der Waals surface area contributed by atoms with Crippen molar-refractivity contribution in [2.24, 2.45) is 5.92 Å². The molecule has 0 amide bonds. The summed E-state index contributed by atoms with van der Waals surface area (Å²) < 4.78 is 5.21. The molecule has 1 unspecified atom stereocenters. The molecule has 2 nitrogen and oxygen atoms in total. The Bertz CT molecular complexity index is 602. The van der Waals surface area contributed by atoms with Gasteiger partial charge in [-0.25, -0.2) is 0 Å². The molecule has 0 saturated heterocycles. The van der Waals surface area contributed by atoms with Gasteiger partial charge in [-0.1, -0.05) is 72.8 Å². The number of rotatable bonds is 8. The maximum Gasteiger partial charge on any atom is 0.312 e. The molecule has 120 valence electrons. The normalized spacial score (nSPS) is 12.2. The van der Waals surface area contributed by atoms with Gasteiger partial charge < -0.3 is 4.74 Å². The zero-order chi connectivity index (χ0) is 16.3. The molecule has 23 heavy (non-hydrogen) atoms. The predicted octanol–water partition coefficient (Wildman–Crippen LogP) is 4.60. The third kappa shape index (κ3) is 6.11. The number of allylic oxidation sites excluding steroid dienone is 1. The Morgan fingerprint density at radius 1 is 1.00 bits per heavy atom. The highest BCUT2D eigenvalue weighted by Gasteiger charge is 2.16. The van der Waals surface area contributed by atoms with Crippen molar-refractivity contribution in [3.8, 4) is 0 Å². The van der Waals surface area contributed by atoms with Crippen molar-refractivity contribution in [2.75, 3.05) is 6.61 Å². The van der Waals surface area contributed by atoms with Crippen LogP contribution in [0.4, 0.5) is 0 Å². The van der Waals surface area contributed by atoms with E-state index >= 15 is 0 Å². The second kappa shape index (κ2) is 9.62. The van der Waals surface area contributed by atoms with Gasteiger partial charge in [-0.15, -0.1) is 0 Å². The molecule has 0 aliphatic carbocycles. The summed E-state index contributed by atoms with van der Waals surface area (Å²) in [7, 11) is 0. The van der Waals surface area contributed by atoms with Gasteiger partial charge in [0, 0.05) is 0 Å². The molecule has 2 aromatic carbocycles. The van der Waals surface area contributed by atoms with Gasteiger partial charge >= 0.3 is 5.97 Å². The van der Waals surface area contributed by atoms with E-state index in [1.807, 2.05) is 49.4 Å². The summed E-state index contributed by atoms with van der Waals surface area (Å²) >= 11 is 0. The zero-order valence-electron chi connectivity index (χ0n) is 13.7. The first-order valence-electron chi connectivity index (χ1n) is 8.20. The van der Waals surface area contributed by atoms with E-state index < -0.39 is 0 Å². The van der Waals surface area contributed by atoms with Crippen LogP contribution >= 0.6 is 0 Å². The van der Waals surface area contributed by atoms with E-state index in [9.17, 15) is 4.79 Å². The van der Waals surface area contributed by atoms with Gasteiger partial charge in [-0.05, 0) is 37.3 Å². The van der Waals surface area contributed by atoms with Gasteiger partial charge in [-0.2, -0.15) is 0 Å². The number of carbonyl (C=O) groups excluding carboxylic acids is 1. The third-order valence-electron chi connectivity index (χ3n) is 3.74. The molecule has 1 atom stereocenters. The summed E-state index contributed by atoms with van der Waals surface area (Å²) in [6.45, 7) is 2.27. The average Bonchev–Trinajstić information content (AvgIpc) is 2.60. The largest absolute Gasteiger partial charge is 0.466 e. The molecule has 0 saturated carbocycles. The average molecular weight is 308 g/mol. The van der Waals surface area contributed by atoms with E-state index in [-0.39, 0.29) is 11.9 Å². The summed E-state index contributed by atoms with van der Waals surface area (Å²) in [4.78, 5) is 12.1. The van der Waals surface area contributed by atoms with Crippen molar-refractivity contribution in [1.82, 2.24) is 0 Å². The van der Waals surface area contributed by atoms with Crippen molar-refractivity contribution in [3.05, 3.63) is 83.9 Å². The second-order valence-corrected chi connectivity index (χ2v) is 5.50. The van der Waals surface area contributed by atoms with Crippen LogP contribution in [0.3, 0.4) is 0 Å². The van der Waals surface area contributed by atoms with E-state index in [2.05, 4.69) is 30.3 Å². The van der Waals surface area contributed by atoms with E-state index in [1.54, 1.807) is 0 Å². The Morgan fingerprint density at radius 2 is 1.61 bits per heavy atom. The Hall–Kier alpha value is -2.35. The topological polar surface area (TPSA) is 26.3 Å². The summed E-state index contributed by atoms with van der Waals surface area (Å²) in [5, 5.41) is 0. The van der Waals surface area contributed by atoms with E-state index in [4.69, 9.17) is 4.74 Å². The second-order valence-electron chi connectivity index (χ2n) is 5.50. The van der Waals surface area contributed by atoms with Crippen LogP contribution < -0.4 is 0 Å². The zero-order valence-corrected chi connectivity index (χ0v) is 13.7. The summed E-state index contributed by atoms with van der Waals surface area (Å²) in [6.07, 6.45) is 6.55. The first kappa shape index (κ1) is 17.0. The third-order valence-corrected chi connectivity index (χ3v) is 3.74. The van der Waals surface area contributed by atoms with Gasteiger partial charge in [0.05, 0.1) is 12.5 Å². The van der Waals surface area contributed by atoms with E-state index in [1.165, 1.54) is 11.1 Å². The molecule has 2 rings (SSSR count). The fourth-order valence-electron chi connectivity index (χ4n) is 2.49. The summed E-state index contributed by atoms with van der Waals surface area (Å²) in [5.74, 6) is -0.313. The highest BCUT2D eigenvalue weighted by Crippen LogP contribution is 2.14. The number of hydrogen-bond donors (Lipinski definition) is 0. The fraction of sp³-hybridized carbons (Fsp3) is 0.286. The Balaban J connectivity index is 1.94. The van der Waals surface area contributed by atoms with Crippen LogP contribution in [0.5, 0.6) is 0 Å². The smallest absolute Gasteiger partial charge is 0.312 e. The lowest BCUT2D eigenvalue weighted by Crippen LogP contribution is -2.16. The Kier molecular flexibility index (Phi) is 7.12. The number of aryl methyl sites for hydroxylation is 1. The molecule has 0 aromatic heterocycles. The molecule has 0 fully saturated rings. The van der Waals surface area contributed by atoms with Crippen LogP contribution in [0.1, 0.15) is 24.5 Å². The SMILES string of the molecule is CCOC(=O)C(/C=C/Cc1ccccc1)CCc1ccccc1. The van der Waals surface area contributed by atoms with Gasteiger partial charge in [0.15, 0.2) is 0 Å². The maximum atomic E-state index is 12.1. The molecular weight excluding hydrogens is 284 g/mol. The molecule has 0 N–H and O–H groups in total. The number of hydrogen-bond acceptors (Lipinski definition) is 2. The predicted molar refractivity (Wildman–Crippen MR) is 94.2 cm³/mol. The first-order chi connectivity index (χ1) is 11.3. The minimum Gasteiger partial charge on any atom is -0.466 e. The van der Waals surface area contributed by atoms with Gasteiger partial charge in [0.1, 0.15) is 0 Å². The van der Waals surface area contributed by atoms with Crippen LogP contribution in [0.25, 0.3) is 0 Å². The van der Waals surface area contributed by atoms with Crippen LogP contribution in [0, 0.1) is 5.92 Å². The minimum atomic E-state index is -0.182. The molecule has 0 bridgehead atoms. The number of benzene rings is 2. The van der Waals surface area contributed by atoms with Gasteiger partial charge in [0.25, 0.3) is 0 Å². The highest BCUT2D eigenvalue weighted by molar-refractivity contribution is 5.74. The number of esters is 1. The standard InChI is InChI=1S/C21H24O2/c1-2-23-21(22)20(17-16-19-12-7-4-8-13-19)15-9-14-18-10-5-3-6-11-18/h3-13,15,20H,2,14,16-17H2,1H3/b15-9+. The van der Waals surface area contributed by atoms with Crippen molar-refractivity contribution in [3.63, 3.8) is 0 Å². The summed E-state index contributed by atoms with van der Waals surface area (Å²) in [6, 6.07) is 20.5. The van der Waals surface area contributed by atoms with Crippen molar-refractivity contribution < 1.29 is 9.53 Å². The summed E-state index contributed by atoms with van der Waals surface area (Å²) in [5.41, 5.74) is 2.49. The van der Waals surface area contributed by atoms with E-state index in [0.29, 0.717) is 6.61 Å². The Labute approximate surface area is 138 Å². The molecule has 0 aliphatic rings. The van der Waals surface area contributed by atoms with Crippen LogP contribution in [0.2, 0.25) is 0 Å². The molecule has 0 aliphatic heterocycles. The quantitative estimate of drug-likeness (QED) is 0.526. The minimum absolute atomic E-state index is 0.132. The monoisotopic (exact) mass is 308 g/mol. The maximum absolute atomic E-state index is 12.1. The lowest BCUT2D eigenvalue weighted by atomic mass is 9.98. The molecular formula is C21H24O2. The van der Waals surface area contributed by atoms with Crippen LogP contribution in [-0.2, 0) is 22.4 Å². The Morgan fingerprint density at radius 3 is 2.22 bits per heavy atom. The number of ether oxygens (including phenoxy) is 1. The molecule has 2 heteroatoms. The first-order valence-corrected chi connectivity index (χ1v) is 8.20. The fourth-order valence-corrected chi connectivity index (χ4v) is 2.49. The number of carbonyl (C=O) groups is 1. The van der Waals surface area contributed by atoms with Crippen molar-refractivity contribution in [2.45, 2.75) is 26.2 Å². The van der Waals surface area contributed by atoms with Crippen molar-refractivity contribution in [1.29, 1.82) is 0 Å². The lowest BCUT2D eigenvalue weighted by Gasteiger charge is -2.12. The van der Waals surface area contributed by atoms with Crippen molar-refractivity contribution >= 4 is 5.97 Å². The van der Waals surface area contributed by atoms with Crippen LogP contribution in [0.15, 0.2) is 72.8 Å². The molecule has 2 aromatic rings. The van der Waals surface area contributed by atoms with Gasteiger partial charge in [0.2, 0.25) is 0 Å². The molecule has 0 spiro atoms. The molecule has 0 radical (unpaired) electrons.